The summed E-state index contributed by atoms with van der Waals surface area (Å²) in [4.78, 5) is 0. The normalized spacial score (nSPS) is 16.9. The van der Waals surface area contributed by atoms with Gasteiger partial charge in [-0.15, -0.1) is 0 Å². The van der Waals surface area contributed by atoms with E-state index in [4.69, 9.17) is 23.3 Å². The molecule has 2 aromatic carbocycles. The van der Waals surface area contributed by atoms with E-state index >= 15 is 0 Å². The van der Waals surface area contributed by atoms with Crippen molar-refractivity contribution in [3.8, 4) is 11.4 Å². The van der Waals surface area contributed by atoms with E-state index in [0.717, 1.165) is 3.57 Å². The number of alkyl halides is 14. The molecule has 408 valence electrons. The molecule has 0 amide bonds. The van der Waals surface area contributed by atoms with Crippen molar-refractivity contribution in [2.24, 2.45) is 0 Å². The van der Waals surface area contributed by atoms with Crippen molar-refractivity contribution in [1.82, 2.24) is 19.6 Å². The average Bonchev–Trinajstić information content (AvgIpc) is 3.93. The molecule has 2 fully saturated rings. The first-order valence-electron chi connectivity index (χ1n) is 21.0. The van der Waals surface area contributed by atoms with E-state index in [9.17, 15) is 61.5 Å². The summed E-state index contributed by atoms with van der Waals surface area (Å²) >= 11 is 1.95. The molecule has 2 aliphatic rings. The van der Waals surface area contributed by atoms with Gasteiger partial charge in [0.1, 0.15) is 0 Å². The molecule has 0 saturated carbocycles. The quantitative estimate of drug-likeness (QED) is 0.127. The Kier molecular flexibility index (Phi) is 26.4. The van der Waals surface area contributed by atoms with E-state index < -0.39 is 72.8 Å². The third kappa shape index (κ3) is 15.4. The molecule has 0 aliphatic carbocycles. The van der Waals surface area contributed by atoms with Gasteiger partial charge in [-0.2, -0.15) is 76.7 Å². The van der Waals surface area contributed by atoms with E-state index in [2.05, 4.69) is 10.2 Å². The van der Waals surface area contributed by atoms with Crippen LogP contribution in [0, 0.1) is 37.7 Å². The Labute approximate surface area is 476 Å². The largest absolute Gasteiger partial charge is 2.00 e. The fourth-order valence-electron chi connectivity index (χ4n) is 6.88. The zero-order chi connectivity index (χ0) is 54.4. The molecule has 30 heteroatoms. The molecule has 2 aliphatic heterocycles. The Balaban J connectivity index is 0. The van der Waals surface area contributed by atoms with Gasteiger partial charge in [-0.05, 0) is 128 Å². The van der Waals surface area contributed by atoms with Crippen LogP contribution in [0.15, 0.2) is 49.1 Å². The predicted molar refractivity (Wildman–Crippen MR) is 249 cm³/mol. The van der Waals surface area contributed by atoms with Gasteiger partial charge in [0.15, 0.2) is 0 Å². The van der Waals surface area contributed by atoms with Crippen LogP contribution in [0.5, 0.6) is 0 Å². The second kappa shape index (κ2) is 26.2. The van der Waals surface area contributed by atoms with Crippen molar-refractivity contribution in [2.75, 3.05) is 7.11 Å². The van der Waals surface area contributed by atoms with Crippen molar-refractivity contribution in [2.45, 2.75) is 155 Å². The summed E-state index contributed by atoms with van der Waals surface area (Å²) < 4.78 is 216. The summed E-state index contributed by atoms with van der Waals surface area (Å²) in [5.41, 5.74) is -14.7. The number of hydrogen-bond acceptors (Lipinski definition) is 7. The third-order valence-corrected chi connectivity index (χ3v) is 12.5. The average molecular weight is 1240 g/mol. The number of benzene rings is 2. The van der Waals surface area contributed by atoms with Crippen LogP contribution in [0.3, 0.4) is 0 Å². The minimum atomic E-state index is -6.18. The minimum Gasteiger partial charge on any atom is -1.00 e. The van der Waals surface area contributed by atoms with Crippen LogP contribution in [-0.4, -0.2) is 111 Å². The molecule has 4 aromatic rings. The SMILES string of the molecule is COB1OC(C)(C)C(C)(C)O1.C[CH-]C.Cc1cc(C(F)(C(F)(F)F)C(F)(F)F)cc(C)c1-n1cc(B2OC(C)(C)C(C)(C)O2)cn1.Cc1cc(C(F)(C(F)(F)F)C(F)(F)F)cc(C)c1-n1cc(I)cn1.[Cl-].[Cl-].[Li+].[Mg+2]. The van der Waals surface area contributed by atoms with Gasteiger partial charge in [0.05, 0.1) is 43.5 Å². The van der Waals surface area contributed by atoms with Gasteiger partial charge in [-0.3, -0.25) is 0 Å². The first-order chi connectivity index (χ1) is 31.4. The summed E-state index contributed by atoms with van der Waals surface area (Å²) in [6.45, 7) is 24.6. The van der Waals surface area contributed by atoms with Crippen LogP contribution < -0.4 is 49.1 Å². The molecular weight excluding hydrogens is 1180 g/mol. The van der Waals surface area contributed by atoms with Gasteiger partial charge in [0.25, 0.3) is 0 Å². The van der Waals surface area contributed by atoms with Crippen LogP contribution >= 0.6 is 22.6 Å². The molecule has 2 aromatic heterocycles. The summed E-state index contributed by atoms with van der Waals surface area (Å²) in [5.74, 6) is 0. The molecule has 0 bridgehead atoms. The molecule has 6 rings (SSSR count). The van der Waals surface area contributed by atoms with Gasteiger partial charge in [-0.1, -0.05) is 24.3 Å². The van der Waals surface area contributed by atoms with E-state index in [1.165, 1.54) is 55.6 Å². The van der Waals surface area contributed by atoms with E-state index in [1.807, 2.05) is 98.2 Å². The summed E-state index contributed by atoms with van der Waals surface area (Å²) in [5, 5.41) is 8.12. The molecule has 0 radical (unpaired) electrons. The fourth-order valence-corrected chi connectivity index (χ4v) is 7.27. The van der Waals surface area contributed by atoms with Crippen LogP contribution in [0.25, 0.3) is 11.4 Å². The maximum absolute atomic E-state index is 14.5. The summed E-state index contributed by atoms with van der Waals surface area (Å²) in [6, 6.07) is 2.19. The molecule has 0 N–H and O–H groups in total. The second-order valence-electron chi connectivity index (χ2n) is 18.5. The molecule has 4 heterocycles. The van der Waals surface area contributed by atoms with Crippen molar-refractivity contribution in [3.05, 3.63) is 92.4 Å². The van der Waals surface area contributed by atoms with Crippen LogP contribution in [0.1, 0.15) is 103 Å². The topological polar surface area (TPSA) is 81.8 Å². The van der Waals surface area contributed by atoms with Gasteiger partial charge in [0.2, 0.25) is 0 Å². The molecule has 0 atom stereocenters. The van der Waals surface area contributed by atoms with E-state index in [-0.39, 0.29) is 106 Å². The molecule has 0 spiro atoms. The number of aryl methyl sites for hydroxylation is 4. The van der Waals surface area contributed by atoms with E-state index in [1.54, 1.807) is 13.3 Å². The number of aromatic nitrogens is 4. The van der Waals surface area contributed by atoms with Gasteiger partial charge in [0, 0.05) is 42.3 Å². The predicted octanol–water partition coefficient (Wildman–Crippen LogP) is 3.54. The zero-order valence-corrected chi connectivity index (χ0v) is 48.4. The number of nitrogens with zero attached hydrogens (tertiary/aromatic N) is 4. The molecule has 9 nitrogen and oxygen atoms in total. The first-order valence-corrected chi connectivity index (χ1v) is 22.1. The summed E-state index contributed by atoms with van der Waals surface area (Å²) in [7, 11) is 0.296. The fraction of sp³-hybridized carbons (Fsp3) is 0.568. The maximum atomic E-state index is 14.5. The zero-order valence-electron chi connectivity index (χ0n) is 43.3. The van der Waals surface area contributed by atoms with Crippen molar-refractivity contribution < 1.29 is 128 Å². The Hall–Kier alpha value is -1.52. The molecule has 2 saturated heterocycles. The van der Waals surface area contributed by atoms with Gasteiger partial charge >= 0.3 is 92.4 Å². The van der Waals surface area contributed by atoms with Gasteiger partial charge in [-0.25, -0.2) is 18.1 Å². The first kappa shape index (κ1) is 74.6. The monoisotopic (exact) mass is 1230 g/mol. The maximum Gasteiger partial charge on any atom is 2.00 e. The van der Waals surface area contributed by atoms with Crippen LogP contribution in [-0.2, 0) is 34.6 Å². The number of hydrogen-bond donors (Lipinski definition) is 0. The molecule has 0 unspecified atom stereocenters. The standard InChI is InChI=1S/C20H22BF7N2O2.C14H10F7IN2.C7H15BO3.C3H7.2ClH.Li.Mg/c1-11-7-13(18(22,19(23,24)25)20(26,27)28)8-12(2)15(11)30-10-14(9-29-30)21-31-16(3,4)17(5,6)32-21;1-7-3-9(12(15,13(16,17)18)14(19,20)21)4-8(2)11(7)24-6-10(22)5-23-24;1-6(2)7(3,4)11-8(9-5)10-6;1-3-2;;;;/h7-10H,1-6H3;3-6H,1-2H3;1-5H3;3H,1-2H3;2*1H;;/q;;;-1;;;+1;+2/p-2. The van der Waals surface area contributed by atoms with Crippen molar-refractivity contribution in [1.29, 1.82) is 0 Å². The Morgan fingerprint density at radius 1 is 0.541 bits per heavy atom. The molecular formula is C44H54B2Cl2F14ILiMgN4O5. The van der Waals surface area contributed by atoms with Crippen LogP contribution in [0.2, 0.25) is 0 Å². The minimum absolute atomic E-state index is 0. The van der Waals surface area contributed by atoms with Gasteiger partial charge < -0.3 is 54.5 Å². The third-order valence-electron chi connectivity index (χ3n) is 11.9. The Morgan fingerprint density at radius 3 is 1.05 bits per heavy atom. The second-order valence-corrected chi connectivity index (χ2v) is 19.7. The number of halogens is 17. The molecule has 74 heavy (non-hydrogen) atoms. The summed E-state index contributed by atoms with van der Waals surface area (Å²) in [6.07, 6.45) is -16.7. The number of rotatable bonds is 6. The van der Waals surface area contributed by atoms with Crippen molar-refractivity contribution in [3.63, 3.8) is 0 Å². The van der Waals surface area contributed by atoms with E-state index in [0.29, 0.717) is 35.4 Å². The van der Waals surface area contributed by atoms with Crippen LogP contribution in [0.4, 0.5) is 61.5 Å². The Morgan fingerprint density at radius 2 is 0.811 bits per heavy atom. The Bertz CT molecular complexity index is 2350. The van der Waals surface area contributed by atoms with Crippen molar-refractivity contribution >= 4 is 65.5 Å². The smallest absolute Gasteiger partial charge is 1.00 e.